The molecule has 0 radical (unpaired) electrons. The van der Waals surface area contributed by atoms with Crippen molar-refractivity contribution in [1.82, 2.24) is 0 Å². The van der Waals surface area contributed by atoms with Crippen LogP contribution in [-0.2, 0) is 16.6 Å². The van der Waals surface area contributed by atoms with Gasteiger partial charge in [-0.2, -0.15) is 0 Å². The fourth-order valence-corrected chi connectivity index (χ4v) is 4.42. The zero-order valence-corrected chi connectivity index (χ0v) is 14.7. The number of benzene rings is 2. The van der Waals surface area contributed by atoms with Gasteiger partial charge in [0.15, 0.2) is 0 Å². The van der Waals surface area contributed by atoms with Crippen molar-refractivity contribution < 1.29 is 12.8 Å². The summed E-state index contributed by atoms with van der Waals surface area (Å²) in [5.41, 5.74) is 0.505. The molecule has 0 spiro atoms. The molecule has 124 valence electrons. The van der Waals surface area contributed by atoms with E-state index in [4.69, 9.17) is 27.6 Å². The Morgan fingerprint density at radius 3 is 2.38 bits per heavy atom. The summed E-state index contributed by atoms with van der Waals surface area (Å²) in [7, 11) is -3.93. The molecule has 1 heterocycles. The summed E-state index contributed by atoms with van der Waals surface area (Å²) >= 11 is 12.1. The first-order valence-corrected chi connectivity index (χ1v) is 9.23. The molecule has 3 aromatic rings. The van der Waals surface area contributed by atoms with Crippen LogP contribution in [0.25, 0.3) is 0 Å². The van der Waals surface area contributed by atoms with Crippen LogP contribution in [0.1, 0.15) is 5.76 Å². The van der Waals surface area contributed by atoms with E-state index in [0.29, 0.717) is 16.5 Å². The highest BCUT2D eigenvalue weighted by molar-refractivity contribution is 7.93. The molecule has 0 atom stereocenters. The second-order valence-corrected chi connectivity index (χ2v) is 7.68. The van der Waals surface area contributed by atoms with Crippen molar-refractivity contribution in [1.29, 1.82) is 0 Å². The van der Waals surface area contributed by atoms with Crippen molar-refractivity contribution in [3.63, 3.8) is 0 Å². The van der Waals surface area contributed by atoms with Gasteiger partial charge in [0.1, 0.15) is 10.7 Å². The Labute approximate surface area is 150 Å². The highest BCUT2D eigenvalue weighted by Crippen LogP contribution is 2.31. The van der Waals surface area contributed by atoms with Gasteiger partial charge in [0.05, 0.1) is 23.5 Å². The van der Waals surface area contributed by atoms with Gasteiger partial charge in [0.2, 0.25) is 0 Å². The van der Waals surface area contributed by atoms with Gasteiger partial charge in [0.25, 0.3) is 10.0 Å². The van der Waals surface area contributed by atoms with E-state index in [0.717, 1.165) is 0 Å². The molecule has 0 aliphatic heterocycles. The monoisotopic (exact) mass is 381 g/mol. The molecule has 0 saturated heterocycles. The zero-order valence-electron chi connectivity index (χ0n) is 12.4. The Morgan fingerprint density at radius 2 is 1.71 bits per heavy atom. The SMILES string of the molecule is O=S(=O)(c1cc(Cl)ccc1Cl)N(Cc1ccco1)c1ccccc1. The molecule has 0 bridgehead atoms. The predicted octanol–water partition coefficient (Wildman–Crippen LogP) is 4.98. The highest BCUT2D eigenvalue weighted by atomic mass is 35.5. The number of para-hydroxylation sites is 1. The zero-order chi connectivity index (χ0) is 17.2. The van der Waals surface area contributed by atoms with Gasteiger partial charge < -0.3 is 4.42 Å². The molecule has 3 rings (SSSR count). The van der Waals surface area contributed by atoms with Gasteiger partial charge in [0, 0.05) is 5.02 Å². The number of hydrogen-bond donors (Lipinski definition) is 0. The molecule has 0 fully saturated rings. The average molecular weight is 382 g/mol. The topological polar surface area (TPSA) is 50.5 Å². The minimum Gasteiger partial charge on any atom is -0.467 e. The van der Waals surface area contributed by atoms with Crippen molar-refractivity contribution in [3.8, 4) is 0 Å². The van der Waals surface area contributed by atoms with Crippen LogP contribution in [0.5, 0.6) is 0 Å². The summed E-state index contributed by atoms with van der Waals surface area (Å²) < 4.78 is 32.9. The number of hydrogen-bond acceptors (Lipinski definition) is 3. The number of anilines is 1. The van der Waals surface area contributed by atoms with E-state index < -0.39 is 10.0 Å². The molecule has 0 saturated carbocycles. The molecule has 7 heteroatoms. The number of furan rings is 1. The molecular weight excluding hydrogens is 369 g/mol. The Balaban J connectivity index is 2.12. The summed E-state index contributed by atoms with van der Waals surface area (Å²) in [6.07, 6.45) is 1.50. The standard InChI is InChI=1S/C17H13Cl2NO3S/c18-13-8-9-16(19)17(11-13)24(21,22)20(12-15-7-4-10-23-15)14-5-2-1-3-6-14/h1-11H,12H2. The molecule has 4 nitrogen and oxygen atoms in total. The van der Waals surface area contributed by atoms with E-state index in [2.05, 4.69) is 0 Å². The van der Waals surface area contributed by atoms with Crippen LogP contribution < -0.4 is 4.31 Å². The Kier molecular flexibility index (Phi) is 4.85. The van der Waals surface area contributed by atoms with Gasteiger partial charge in [-0.15, -0.1) is 0 Å². The minimum atomic E-state index is -3.93. The van der Waals surface area contributed by atoms with Gasteiger partial charge in [-0.05, 0) is 42.5 Å². The average Bonchev–Trinajstić information content (AvgIpc) is 3.08. The van der Waals surface area contributed by atoms with Crippen LogP contribution in [0.15, 0.2) is 76.2 Å². The molecule has 24 heavy (non-hydrogen) atoms. The highest BCUT2D eigenvalue weighted by Gasteiger charge is 2.28. The second kappa shape index (κ2) is 6.89. The molecule has 2 aromatic carbocycles. The maximum Gasteiger partial charge on any atom is 0.266 e. The molecule has 0 unspecified atom stereocenters. The minimum absolute atomic E-state index is 0.0438. The van der Waals surface area contributed by atoms with Gasteiger partial charge >= 0.3 is 0 Å². The van der Waals surface area contributed by atoms with Crippen LogP contribution in [0.3, 0.4) is 0 Å². The lowest BCUT2D eigenvalue weighted by Crippen LogP contribution is -2.30. The molecule has 1 aromatic heterocycles. The van der Waals surface area contributed by atoms with E-state index in [1.54, 1.807) is 42.5 Å². The summed E-state index contributed by atoms with van der Waals surface area (Å²) in [5.74, 6) is 0.514. The van der Waals surface area contributed by atoms with Gasteiger partial charge in [-0.25, -0.2) is 8.42 Å². The van der Waals surface area contributed by atoms with E-state index in [9.17, 15) is 8.42 Å². The summed E-state index contributed by atoms with van der Waals surface area (Å²) in [5, 5.41) is 0.406. The van der Waals surface area contributed by atoms with Gasteiger partial charge in [-0.3, -0.25) is 4.31 Å². The first-order chi connectivity index (χ1) is 11.5. The third-order valence-electron chi connectivity index (χ3n) is 3.39. The largest absolute Gasteiger partial charge is 0.467 e. The summed E-state index contributed by atoms with van der Waals surface area (Å²) in [6, 6.07) is 16.5. The number of halogens is 2. The van der Waals surface area contributed by atoms with Gasteiger partial charge in [-0.1, -0.05) is 41.4 Å². The normalized spacial score (nSPS) is 11.4. The van der Waals surface area contributed by atoms with Crippen LogP contribution >= 0.6 is 23.2 Å². The van der Waals surface area contributed by atoms with E-state index in [1.807, 2.05) is 6.07 Å². The fraction of sp³-hybridized carbons (Fsp3) is 0.0588. The molecular formula is C17H13Cl2NO3S. The number of sulfonamides is 1. The third-order valence-corrected chi connectivity index (χ3v) is 5.88. The second-order valence-electron chi connectivity index (χ2n) is 5.00. The summed E-state index contributed by atoms with van der Waals surface area (Å²) in [4.78, 5) is -0.0490. The van der Waals surface area contributed by atoms with E-state index >= 15 is 0 Å². The lowest BCUT2D eigenvalue weighted by molar-refractivity contribution is 0.508. The fourth-order valence-electron chi connectivity index (χ4n) is 2.25. The first kappa shape index (κ1) is 16.9. The number of nitrogens with zero attached hydrogens (tertiary/aromatic N) is 1. The lowest BCUT2D eigenvalue weighted by Gasteiger charge is -2.24. The van der Waals surface area contributed by atoms with Crippen LogP contribution in [0.4, 0.5) is 5.69 Å². The summed E-state index contributed by atoms with van der Waals surface area (Å²) in [6.45, 7) is 0.0438. The van der Waals surface area contributed by atoms with Crippen LogP contribution in [0.2, 0.25) is 10.0 Å². The molecule has 0 N–H and O–H groups in total. The number of rotatable bonds is 5. The van der Waals surface area contributed by atoms with Crippen molar-refractivity contribution >= 4 is 38.9 Å². The van der Waals surface area contributed by atoms with Crippen molar-refractivity contribution in [3.05, 3.63) is 82.7 Å². The Morgan fingerprint density at radius 1 is 0.958 bits per heavy atom. The lowest BCUT2D eigenvalue weighted by atomic mass is 10.3. The maximum absolute atomic E-state index is 13.2. The maximum atomic E-state index is 13.2. The van der Waals surface area contributed by atoms with E-state index in [-0.39, 0.29) is 16.5 Å². The van der Waals surface area contributed by atoms with Crippen LogP contribution in [-0.4, -0.2) is 8.42 Å². The third kappa shape index (κ3) is 3.43. The predicted molar refractivity (Wildman–Crippen MR) is 95.0 cm³/mol. The van der Waals surface area contributed by atoms with Crippen LogP contribution in [0, 0.1) is 0 Å². The van der Waals surface area contributed by atoms with Crippen molar-refractivity contribution in [2.45, 2.75) is 11.4 Å². The first-order valence-electron chi connectivity index (χ1n) is 7.04. The molecule has 0 amide bonds. The Hall–Kier alpha value is -1.95. The van der Waals surface area contributed by atoms with Crippen molar-refractivity contribution in [2.24, 2.45) is 0 Å². The smallest absolute Gasteiger partial charge is 0.266 e. The van der Waals surface area contributed by atoms with Crippen molar-refractivity contribution in [2.75, 3.05) is 4.31 Å². The quantitative estimate of drug-likeness (QED) is 0.625. The molecule has 0 aliphatic rings. The van der Waals surface area contributed by atoms with E-state index in [1.165, 1.54) is 22.7 Å². The Bertz CT molecular complexity index is 926. The molecule has 0 aliphatic carbocycles.